The second-order valence-corrected chi connectivity index (χ2v) is 8.65. The monoisotopic (exact) mass is 420 g/mol. The van der Waals surface area contributed by atoms with Crippen molar-refractivity contribution in [3.63, 3.8) is 0 Å². The van der Waals surface area contributed by atoms with Gasteiger partial charge in [-0.05, 0) is 48.1 Å². The minimum Gasteiger partial charge on any atom is -0.493 e. The molecule has 0 radical (unpaired) electrons. The molecule has 0 aromatic heterocycles. The number of ether oxygens (including phenoxy) is 2. The van der Waals surface area contributed by atoms with Crippen LogP contribution in [0.1, 0.15) is 64.7 Å². The molecule has 0 bridgehead atoms. The zero-order valence-electron chi connectivity index (χ0n) is 18.0. The second-order valence-electron chi connectivity index (χ2n) is 8.65. The van der Waals surface area contributed by atoms with E-state index in [4.69, 9.17) is 9.47 Å². The van der Waals surface area contributed by atoms with Crippen LogP contribution >= 0.6 is 0 Å². The fourth-order valence-electron chi connectivity index (χ4n) is 5.49. The van der Waals surface area contributed by atoms with E-state index in [9.17, 15) is 9.59 Å². The molecule has 3 aliphatic rings. The molecule has 1 N–H and O–H groups in total. The number of carbonyl (C=O) groups is 2. The standard InChI is InChI=1S/C25H28N2O4/c1-30-20-13-18-19(14-21(20)31-2)25(29)27-12-11-15-7-3-6-10-17(15)23(27)22(18)24(28)26-16-8-4-5-9-16/h3,6-7,10,13-14,16,22-23H,4-5,8-9,11-12H2,1-2H3,(H,26,28)/t22-,23-/m1/s1. The molecule has 2 heterocycles. The molecular formula is C25H28N2O4. The van der Waals surface area contributed by atoms with E-state index in [-0.39, 0.29) is 23.9 Å². The van der Waals surface area contributed by atoms with Gasteiger partial charge in [0.1, 0.15) is 0 Å². The van der Waals surface area contributed by atoms with E-state index in [1.807, 2.05) is 23.1 Å². The summed E-state index contributed by atoms with van der Waals surface area (Å²) in [5, 5.41) is 3.29. The van der Waals surface area contributed by atoms with E-state index in [0.717, 1.165) is 43.2 Å². The first-order valence-electron chi connectivity index (χ1n) is 11.1. The second kappa shape index (κ2) is 7.91. The highest BCUT2D eigenvalue weighted by Gasteiger charge is 2.47. The number of benzene rings is 2. The summed E-state index contributed by atoms with van der Waals surface area (Å²) in [4.78, 5) is 29.1. The summed E-state index contributed by atoms with van der Waals surface area (Å²) in [6, 6.07) is 11.6. The summed E-state index contributed by atoms with van der Waals surface area (Å²) < 4.78 is 11.0. The van der Waals surface area contributed by atoms with Gasteiger partial charge in [0.05, 0.1) is 26.2 Å². The van der Waals surface area contributed by atoms with Crippen LogP contribution in [-0.4, -0.2) is 43.5 Å². The van der Waals surface area contributed by atoms with E-state index in [2.05, 4.69) is 17.4 Å². The number of hydrogen-bond acceptors (Lipinski definition) is 4. The van der Waals surface area contributed by atoms with Gasteiger partial charge in [-0.2, -0.15) is 0 Å². The van der Waals surface area contributed by atoms with Crippen LogP contribution < -0.4 is 14.8 Å². The van der Waals surface area contributed by atoms with Crippen molar-refractivity contribution >= 4 is 11.8 Å². The lowest BCUT2D eigenvalue weighted by molar-refractivity contribution is -0.125. The maximum atomic E-state index is 13.7. The number of rotatable bonds is 4. The number of amides is 2. The first-order valence-corrected chi connectivity index (χ1v) is 11.1. The molecule has 2 aliphatic heterocycles. The molecule has 2 amide bonds. The lowest BCUT2D eigenvalue weighted by Gasteiger charge is -2.45. The molecule has 5 rings (SSSR count). The van der Waals surface area contributed by atoms with Crippen LogP contribution in [0, 0.1) is 0 Å². The highest BCUT2D eigenvalue weighted by atomic mass is 16.5. The molecule has 0 spiro atoms. The predicted octanol–water partition coefficient (Wildman–Crippen LogP) is 3.60. The van der Waals surface area contributed by atoms with Gasteiger partial charge in [-0.25, -0.2) is 0 Å². The lowest BCUT2D eigenvalue weighted by Crippen LogP contribution is -2.51. The number of nitrogens with zero attached hydrogens (tertiary/aromatic N) is 1. The van der Waals surface area contributed by atoms with Gasteiger partial charge in [-0.1, -0.05) is 37.1 Å². The van der Waals surface area contributed by atoms with E-state index in [0.29, 0.717) is 23.6 Å². The molecule has 6 nitrogen and oxygen atoms in total. The first kappa shape index (κ1) is 19.9. The maximum Gasteiger partial charge on any atom is 0.254 e. The Bertz CT molecular complexity index is 1030. The first-order chi connectivity index (χ1) is 15.1. The van der Waals surface area contributed by atoms with E-state index in [1.165, 1.54) is 5.56 Å². The molecule has 6 heteroatoms. The Morgan fingerprint density at radius 2 is 1.74 bits per heavy atom. The van der Waals surface area contributed by atoms with Crippen molar-refractivity contribution in [2.45, 2.75) is 50.1 Å². The largest absolute Gasteiger partial charge is 0.493 e. The highest BCUT2D eigenvalue weighted by Crippen LogP contribution is 2.48. The Morgan fingerprint density at radius 1 is 1.03 bits per heavy atom. The summed E-state index contributed by atoms with van der Waals surface area (Å²) >= 11 is 0. The van der Waals surface area contributed by atoms with Crippen molar-refractivity contribution in [3.8, 4) is 11.5 Å². The van der Waals surface area contributed by atoms with Gasteiger partial charge < -0.3 is 19.7 Å². The molecule has 1 aliphatic carbocycles. The van der Waals surface area contributed by atoms with Gasteiger partial charge in [0.15, 0.2) is 11.5 Å². The van der Waals surface area contributed by atoms with E-state index >= 15 is 0 Å². The molecule has 2 aromatic carbocycles. The summed E-state index contributed by atoms with van der Waals surface area (Å²) in [6.45, 7) is 0.599. The number of fused-ring (bicyclic) bond motifs is 4. The van der Waals surface area contributed by atoms with Gasteiger partial charge >= 0.3 is 0 Å². The molecule has 0 unspecified atom stereocenters. The predicted molar refractivity (Wildman–Crippen MR) is 117 cm³/mol. The van der Waals surface area contributed by atoms with E-state index < -0.39 is 5.92 Å². The fraction of sp³-hybridized carbons (Fsp3) is 0.440. The zero-order valence-corrected chi connectivity index (χ0v) is 18.0. The number of carbonyl (C=O) groups excluding carboxylic acids is 2. The molecule has 1 saturated carbocycles. The van der Waals surface area contributed by atoms with Gasteiger partial charge in [-0.3, -0.25) is 9.59 Å². The summed E-state index contributed by atoms with van der Waals surface area (Å²) in [6.07, 6.45) is 5.11. The van der Waals surface area contributed by atoms with Crippen LogP contribution in [0.3, 0.4) is 0 Å². The van der Waals surface area contributed by atoms with Gasteiger partial charge in [-0.15, -0.1) is 0 Å². The van der Waals surface area contributed by atoms with Crippen LogP contribution in [0.25, 0.3) is 0 Å². The van der Waals surface area contributed by atoms with Crippen LogP contribution in [0.15, 0.2) is 36.4 Å². The van der Waals surface area contributed by atoms with Gasteiger partial charge in [0.2, 0.25) is 5.91 Å². The van der Waals surface area contributed by atoms with Crippen LogP contribution in [0.2, 0.25) is 0 Å². The third-order valence-electron chi connectivity index (χ3n) is 7.01. The smallest absolute Gasteiger partial charge is 0.254 e. The summed E-state index contributed by atoms with van der Waals surface area (Å²) in [5.41, 5.74) is 3.52. The SMILES string of the molecule is COc1cc2c(cc1OC)[C@@H](C(=O)NC1CCCC1)[C@H]1c3ccccc3CCN1C2=O. The number of nitrogens with one attached hydrogen (secondary N) is 1. The number of methoxy groups -OCH3 is 2. The van der Waals surface area contributed by atoms with Crippen molar-refractivity contribution in [3.05, 3.63) is 58.7 Å². The normalized spacial score (nSPS) is 22.4. The third-order valence-corrected chi connectivity index (χ3v) is 7.01. The minimum absolute atomic E-state index is 0.0143. The van der Waals surface area contributed by atoms with Crippen molar-refractivity contribution in [2.75, 3.05) is 20.8 Å². The molecule has 0 saturated heterocycles. The molecule has 1 fully saturated rings. The number of hydrogen-bond donors (Lipinski definition) is 1. The quantitative estimate of drug-likeness (QED) is 0.821. The summed E-state index contributed by atoms with van der Waals surface area (Å²) in [7, 11) is 3.13. The summed E-state index contributed by atoms with van der Waals surface area (Å²) in [5.74, 6) is 0.472. The minimum atomic E-state index is -0.491. The van der Waals surface area contributed by atoms with Crippen LogP contribution in [-0.2, 0) is 11.2 Å². The Labute approximate surface area is 182 Å². The maximum absolute atomic E-state index is 13.7. The van der Waals surface area contributed by atoms with Crippen LogP contribution in [0.5, 0.6) is 11.5 Å². The average molecular weight is 421 g/mol. The fourth-order valence-corrected chi connectivity index (χ4v) is 5.49. The Hall–Kier alpha value is -3.02. The van der Waals surface area contributed by atoms with Gasteiger partial charge in [0, 0.05) is 18.2 Å². The average Bonchev–Trinajstić information content (AvgIpc) is 3.31. The molecule has 2 aromatic rings. The Balaban J connectivity index is 1.66. The highest BCUT2D eigenvalue weighted by molar-refractivity contribution is 6.02. The van der Waals surface area contributed by atoms with Crippen molar-refractivity contribution in [1.82, 2.24) is 10.2 Å². The third kappa shape index (κ3) is 3.25. The molecule has 2 atom stereocenters. The molecule has 162 valence electrons. The van der Waals surface area contributed by atoms with Crippen LogP contribution in [0.4, 0.5) is 0 Å². The topological polar surface area (TPSA) is 67.9 Å². The molecular weight excluding hydrogens is 392 g/mol. The Kier molecular flexibility index (Phi) is 5.08. The van der Waals surface area contributed by atoms with Crippen molar-refractivity contribution < 1.29 is 19.1 Å². The van der Waals surface area contributed by atoms with Crippen molar-refractivity contribution in [2.24, 2.45) is 0 Å². The Morgan fingerprint density at radius 3 is 2.48 bits per heavy atom. The van der Waals surface area contributed by atoms with E-state index in [1.54, 1.807) is 20.3 Å². The zero-order chi connectivity index (χ0) is 21.5. The van der Waals surface area contributed by atoms with Crippen molar-refractivity contribution in [1.29, 1.82) is 0 Å². The molecule has 31 heavy (non-hydrogen) atoms. The lowest BCUT2D eigenvalue weighted by atomic mass is 9.75. The van der Waals surface area contributed by atoms with Gasteiger partial charge in [0.25, 0.3) is 5.91 Å².